The van der Waals surface area contributed by atoms with Crippen molar-refractivity contribution in [2.45, 2.75) is 26.4 Å². The van der Waals surface area contributed by atoms with E-state index in [2.05, 4.69) is 15.3 Å². The largest absolute Gasteiger partial charge is 0.477 e. The highest BCUT2D eigenvalue weighted by Crippen LogP contribution is 2.05. The fourth-order valence-corrected chi connectivity index (χ4v) is 1.15. The third kappa shape index (κ3) is 3.82. The molecule has 1 aromatic rings. The van der Waals surface area contributed by atoms with Gasteiger partial charge in [-0.05, 0) is 26.3 Å². The first-order chi connectivity index (χ1) is 7.49. The van der Waals surface area contributed by atoms with Gasteiger partial charge in [-0.2, -0.15) is 0 Å². The van der Waals surface area contributed by atoms with Crippen LogP contribution in [0.1, 0.15) is 29.5 Å². The number of anilines is 1. The number of aryl methyl sites for hydroxylation is 1. The van der Waals surface area contributed by atoms with Crippen molar-refractivity contribution in [1.82, 2.24) is 9.97 Å². The molecule has 0 aliphatic carbocycles. The van der Waals surface area contributed by atoms with Crippen molar-refractivity contribution in [2.75, 3.05) is 11.9 Å². The second-order valence-corrected chi connectivity index (χ2v) is 3.59. The molecule has 1 atom stereocenters. The highest BCUT2D eigenvalue weighted by atomic mass is 16.4. The summed E-state index contributed by atoms with van der Waals surface area (Å²) in [6, 6.07) is 1.40. The van der Waals surface area contributed by atoms with E-state index >= 15 is 0 Å². The van der Waals surface area contributed by atoms with Gasteiger partial charge in [-0.15, -0.1) is 0 Å². The lowest BCUT2D eigenvalue weighted by Gasteiger charge is -2.07. The Kier molecular flexibility index (Phi) is 4.19. The predicted octanol–water partition coefficient (Wildman–Crippen LogP) is 0.666. The zero-order valence-corrected chi connectivity index (χ0v) is 9.27. The van der Waals surface area contributed by atoms with Crippen LogP contribution in [0, 0.1) is 6.92 Å². The summed E-state index contributed by atoms with van der Waals surface area (Å²) in [6.07, 6.45) is 0.149. The average molecular weight is 225 g/mol. The maximum Gasteiger partial charge on any atom is 0.354 e. The molecule has 6 heteroatoms. The second kappa shape index (κ2) is 5.41. The SMILES string of the molecule is Cc1cc(C(=O)O)nc(NCCC(C)O)n1. The van der Waals surface area contributed by atoms with E-state index in [-0.39, 0.29) is 11.6 Å². The Balaban J connectivity index is 2.69. The number of aliphatic hydroxyl groups is 1. The zero-order chi connectivity index (χ0) is 12.1. The first-order valence-electron chi connectivity index (χ1n) is 5.00. The third-order valence-corrected chi connectivity index (χ3v) is 1.92. The van der Waals surface area contributed by atoms with Crippen LogP contribution in [0.3, 0.4) is 0 Å². The van der Waals surface area contributed by atoms with E-state index in [1.54, 1.807) is 13.8 Å². The van der Waals surface area contributed by atoms with Crippen LogP contribution in [-0.4, -0.2) is 38.8 Å². The van der Waals surface area contributed by atoms with Gasteiger partial charge in [0.1, 0.15) is 0 Å². The van der Waals surface area contributed by atoms with Crippen molar-refractivity contribution in [1.29, 1.82) is 0 Å². The van der Waals surface area contributed by atoms with Crippen molar-refractivity contribution in [3.8, 4) is 0 Å². The molecule has 0 radical (unpaired) electrons. The van der Waals surface area contributed by atoms with Crippen LogP contribution in [0.5, 0.6) is 0 Å². The monoisotopic (exact) mass is 225 g/mol. The lowest BCUT2D eigenvalue weighted by Crippen LogP contribution is -2.13. The van der Waals surface area contributed by atoms with Gasteiger partial charge in [0.25, 0.3) is 0 Å². The van der Waals surface area contributed by atoms with Crippen LogP contribution >= 0.6 is 0 Å². The molecule has 16 heavy (non-hydrogen) atoms. The molecule has 0 saturated heterocycles. The molecule has 0 fully saturated rings. The second-order valence-electron chi connectivity index (χ2n) is 3.59. The van der Waals surface area contributed by atoms with Crippen LogP contribution in [0.4, 0.5) is 5.95 Å². The quantitative estimate of drug-likeness (QED) is 0.681. The van der Waals surface area contributed by atoms with Gasteiger partial charge in [0.2, 0.25) is 5.95 Å². The number of hydrogen-bond acceptors (Lipinski definition) is 5. The number of nitrogens with zero attached hydrogens (tertiary/aromatic N) is 2. The van der Waals surface area contributed by atoms with Gasteiger partial charge in [-0.1, -0.05) is 0 Å². The molecule has 0 spiro atoms. The zero-order valence-electron chi connectivity index (χ0n) is 9.27. The van der Waals surface area contributed by atoms with Crippen LogP contribution in [0.15, 0.2) is 6.07 Å². The summed E-state index contributed by atoms with van der Waals surface area (Å²) in [5, 5.41) is 20.7. The summed E-state index contributed by atoms with van der Waals surface area (Å²) < 4.78 is 0. The van der Waals surface area contributed by atoms with Crippen LogP contribution in [-0.2, 0) is 0 Å². The molecule has 3 N–H and O–H groups in total. The maximum atomic E-state index is 10.7. The molecular formula is C10H15N3O3. The summed E-state index contributed by atoms with van der Waals surface area (Å²) >= 11 is 0. The summed E-state index contributed by atoms with van der Waals surface area (Å²) in [5.74, 6) is -0.804. The Morgan fingerprint density at radius 3 is 2.81 bits per heavy atom. The summed E-state index contributed by atoms with van der Waals surface area (Å²) in [6.45, 7) is 3.88. The Labute approximate surface area is 93.4 Å². The normalized spacial score (nSPS) is 12.2. The molecule has 1 rings (SSSR count). The molecule has 0 saturated carbocycles. The van der Waals surface area contributed by atoms with E-state index in [1.165, 1.54) is 6.07 Å². The Morgan fingerprint density at radius 1 is 1.56 bits per heavy atom. The van der Waals surface area contributed by atoms with Crippen LogP contribution in [0.2, 0.25) is 0 Å². The van der Waals surface area contributed by atoms with Crippen LogP contribution < -0.4 is 5.32 Å². The summed E-state index contributed by atoms with van der Waals surface area (Å²) in [4.78, 5) is 18.6. The number of rotatable bonds is 5. The highest BCUT2D eigenvalue weighted by molar-refractivity contribution is 5.85. The van der Waals surface area contributed by atoms with Crippen molar-refractivity contribution in [2.24, 2.45) is 0 Å². The molecule has 0 aliphatic rings. The number of nitrogens with one attached hydrogen (secondary N) is 1. The molecule has 0 aromatic carbocycles. The fourth-order valence-electron chi connectivity index (χ4n) is 1.15. The van der Waals surface area contributed by atoms with E-state index in [1.807, 2.05) is 0 Å². The number of carboxylic acids is 1. The highest BCUT2D eigenvalue weighted by Gasteiger charge is 2.08. The minimum atomic E-state index is -1.08. The number of carbonyl (C=O) groups is 1. The van der Waals surface area contributed by atoms with Gasteiger partial charge in [0.05, 0.1) is 6.10 Å². The molecule has 6 nitrogen and oxygen atoms in total. The van der Waals surface area contributed by atoms with Gasteiger partial charge in [0.15, 0.2) is 5.69 Å². The Bertz CT molecular complexity index is 380. The van der Waals surface area contributed by atoms with E-state index in [0.29, 0.717) is 18.7 Å². The number of aliphatic hydroxyl groups excluding tert-OH is 1. The molecule has 1 heterocycles. The lowest BCUT2D eigenvalue weighted by atomic mass is 10.3. The van der Waals surface area contributed by atoms with E-state index in [0.717, 1.165) is 0 Å². The molecule has 0 aliphatic heterocycles. The number of hydrogen-bond donors (Lipinski definition) is 3. The predicted molar refractivity (Wildman–Crippen MR) is 58.5 cm³/mol. The molecule has 1 aromatic heterocycles. The third-order valence-electron chi connectivity index (χ3n) is 1.92. The fraction of sp³-hybridized carbons (Fsp3) is 0.500. The van der Waals surface area contributed by atoms with E-state index in [9.17, 15) is 4.79 Å². The minimum Gasteiger partial charge on any atom is -0.477 e. The van der Waals surface area contributed by atoms with Crippen molar-refractivity contribution < 1.29 is 15.0 Å². The van der Waals surface area contributed by atoms with E-state index < -0.39 is 12.1 Å². The topological polar surface area (TPSA) is 95.3 Å². The van der Waals surface area contributed by atoms with Crippen LogP contribution in [0.25, 0.3) is 0 Å². The maximum absolute atomic E-state index is 10.7. The molecular weight excluding hydrogens is 210 g/mol. The van der Waals surface area contributed by atoms with Crippen molar-refractivity contribution >= 4 is 11.9 Å². The molecule has 88 valence electrons. The van der Waals surface area contributed by atoms with Gasteiger partial charge in [-0.25, -0.2) is 14.8 Å². The first-order valence-corrected chi connectivity index (χ1v) is 5.00. The van der Waals surface area contributed by atoms with Crippen molar-refractivity contribution in [3.05, 3.63) is 17.5 Å². The number of carboxylic acid groups (broad SMARTS) is 1. The Hall–Kier alpha value is -1.69. The smallest absolute Gasteiger partial charge is 0.354 e. The van der Waals surface area contributed by atoms with Gasteiger partial charge in [-0.3, -0.25) is 0 Å². The number of aromatic nitrogens is 2. The summed E-state index contributed by atoms with van der Waals surface area (Å²) in [7, 11) is 0. The summed E-state index contributed by atoms with van der Waals surface area (Å²) in [5.41, 5.74) is 0.555. The van der Waals surface area contributed by atoms with E-state index in [4.69, 9.17) is 10.2 Å². The molecule has 1 unspecified atom stereocenters. The Morgan fingerprint density at radius 2 is 2.25 bits per heavy atom. The molecule has 0 amide bonds. The van der Waals surface area contributed by atoms with Gasteiger partial charge >= 0.3 is 5.97 Å². The standard InChI is InChI=1S/C10H15N3O3/c1-6-5-8(9(15)16)13-10(12-6)11-4-3-7(2)14/h5,7,14H,3-4H2,1-2H3,(H,15,16)(H,11,12,13). The van der Waals surface area contributed by atoms with Gasteiger partial charge in [0, 0.05) is 12.2 Å². The lowest BCUT2D eigenvalue weighted by molar-refractivity contribution is 0.0690. The number of aromatic carboxylic acids is 1. The first kappa shape index (κ1) is 12.4. The van der Waals surface area contributed by atoms with Gasteiger partial charge < -0.3 is 15.5 Å². The minimum absolute atomic E-state index is 0.0351. The van der Waals surface area contributed by atoms with Crippen molar-refractivity contribution in [3.63, 3.8) is 0 Å². The average Bonchev–Trinajstić information content (AvgIpc) is 2.16. The molecule has 0 bridgehead atoms.